The van der Waals surface area contributed by atoms with Gasteiger partial charge in [-0.25, -0.2) is 0 Å². The maximum absolute atomic E-state index is 11.7. The summed E-state index contributed by atoms with van der Waals surface area (Å²) in [7, 11) is 2.06. The molecule has 2 aromatic carbocycles. The average Bonchev–Trinajstić information content (AvgIpc) is 3.22. The Morgan fingerprint density at radius 1 is 1.03 bits per heavy atom. The molecule has 7 heteroatoms. The molecule has 1 aliphatic heterocycles. The number of benzene rings is 2. The SMILES string of the molecule is Cc1ccc(N=Cc2ccc(-c3ccc(N4CCN(C)CC4)c([N+](=O)[O-])c3)o2)cc1. The lowest BCUT2D eigenvalue weighted by Crippen LogP contribution is -2.44. The van der Waals surface area contributed by atoms with Crippen molar-refractivity contribution in [1.82, 2.24) is 4.90 Å². The van der Waals surface area contributed by atoms with Crippen molar-refractivity contribution in [3.8, 4) is 11.3 Å². The summed E-state index contributed by atoms with van der Waals surface area (Å²) in [4.78, 5) is 20.1. The second-order valence-electron chi connectivity index (χ2n) is 7.55. The number of likely N-dealkylation sites (N-methyl/N-ethyl adjacent to an activating group) is 1. The summed E-state index contributed by atoms with van der Waals surface area (Å²) in [5, 5.41) is 11.7. The minimum atomic E-state index is -0.320. The maximum Gasteiger partial charge on any atom is 0.293 e. The van der Waals surface area contributed by atoms with Gasteiger partial charge in [-0.05, 0) is 50.4 Å². The van der Waals surface area contributed by atoms with Crippen LogP contribution in [0.15, 0.2) is 64.0 Å². The predicted molar refractivity (Wildman–Crippen MR) is 119 cm³/mol. The van der Waals surface area contributed by atoms with Crippen LogP contribution in [0.3, 0.4) is 0 Å². The van der Waals surface area contributed by atoms with E-state index in [9.17, 15) is 10.1 Å². The fourth-order valence-corrected chi connectivity index (χ4v) is 3.48. The van der Waals surface area contributed by atoms with Crippen LogP contribution in [0.5, 0.6) is 0 Å². The van der Waals surface area contributed by atoms with E-state index >= 15 is 0 Å². The largest absolute Gasteiger partial charge is 0.455 e. The summed E-state index contributed by atoms with van der Waals surface area (Å²) in [5.74, 6) is 1.17. The van der Waals surface area contributed by atoms with E-state index in [1.165, 1.54) is 5.56 Å². The molecule has 3 aromatic rings. The first-order valence-corrected chi connectivity index (χ1v) is 9.92. The molecule has 30 heavy (non-hydrogen) atoms. The van der Waals surface area contributed by atoms with Crippen molar-refractivity contribution in [1.29, 1.82) is 0 Å². The lowest BCUT2D eigenvalue weighted by atomic mass is 10.1. The topological polar surface area (TPSA) is 75.1 Å². The Kier molecular flexibility index (Phi) is 5.63. The number of rotatable bonds is 5. The van der Waals surface area contributed by atoms with E-state index in [0.29, 0.717) is 22.8 Å². The summed E-state index contributed by atoms with van der Waals surface area (Å²) in [6.07, 6.45) is 1.65. The van der Waals surface area contributed by atoms with E-state index < -0.39 is 0 Å². The number of hydrogen-bond acceptors (Lipinski definition) is 6. The molecule has 0 saturated carbocycles. The molecule has 0 N–H and O–H groups in total. The van der Waals surface area contributed by atoms with Crippen LogP contribution in [0.2, 0.25) is 0 Å². The minimum Gasteiger partial charge on any atom is -0.455 e. The van der Waals surface area contributed by atoms with E-state index in [-0.39, 0.29) is 10.6 Å². The highest BCUT2D eigenvalue weighted by atomic mass is 16.6. The Bertz CT molecular complexity index is 1060. The van der Waals surface area contributed by atoms with Crippen molar-refractivity contribution in [3.63, 3.8) is 0 Å². The second kappa shape index (κ2) is 8.51. The van der Waals surface area contributed by atoms with Gasteiger partial charge in [-0.1, -0.05) is 17.7 Å². The average molecular weight is 404 g/mol. The standard InChI is InChI=1S/C23H24N4O3/c1-17-3-6-19(7-4-17)24-16-20-8-10-23(30-20)18-5-9-21(22(15-18)27(28)29)26-13-11-25(2)12-14-26/h3-10,15-16H,11-14H2,1-2H3. The van der Waals surface area contributed by atoms with Crippen LogP contribution in [0.1, 0.15) is 11.3 Å². The molecule has 0 radical (unpaired) electrons. The van der Waals surface area contributed by atoms with Crippen molar-refractivity contribution in [3.05, 3.63) is 76.0 Å². The van der Waals surface area contributed by atoms with Crippen LogP contribution in [-0.4, -0.2) is 49.3 Å². The summed E-state index contributed by atoms with van der Waals surface area (Å²) < 4.78 is 5.86. The molecule has 4 rings (SSSR count). The molecule has 0 amide bonds. The minimum absolute atomic E-state index is 0.100. The summed E-state index contributed by atoms with van der Waals surface area (Å²) in [6, 6.07) is 16.8. The molecular weight excluding hydrogens is 380 g/mol. The van der Waals surface area contributed by atoms with Gasteiger partial charge in [0.1, 0.15) is 17.2 Å². The van der Waals surface area contributed by atoms with Crippen LogP contribution < -0.4 is 4.90 Å². The molecule has 2 heterocycles. The molecule has 7 nitrogen and oxygen atoms in total. The predicted octanol–water partition coefficient (Wildman–Crippen LogP) is 4.67. The first kappa shape index (κ1) is 19.8. The Labute approximate surface area is 175 Å². The molecule has 154 valence electrons. The number of anilines is 1. The van der Waals surface area contributed by atoms with Crippen molar-refractivity contribution in [2.24, 2.45) is 4.99 Å². The Morgan fingerprint density at radius 2 is 1.77 bits per heavy atom. The van der Waals surface area contributed by atoms with Crippen LogP contribution in [0, 0.1) is 17.0 Å². The highest BCUT2D eigenvalue weighted by Gasteiger charge is 2.23. The van der Waals surface area contributed by atoms with E-state index in [1.807, 2.05) is 55.5 Å². The van der Waals surface area contributed by atoms with Gasteiger partial charge in [0.05, 0.1) is 16.8 Å². The van der Waals surface area contributed by atoms with E-state index in [0.717, 1.165) is 31.9 Å². The Hall–Kier alpha value is -3.45. The second-order valence-corrected chi connectivity index (χ2v) is 7.55. The van der Waals surface area contributed by atoms with E-state index in [4.69, 9.17) is 4.42 Å². The summed E-state index contributed by atoms with van der Waals surface area (Å²) in [5.41, 5.74) is 3.45. The van der Waals surface area contributed by atoms with Gasteiger partial charge in [-0.2, -0.15) is 0 Å². The van der Waals surface area contributed by atoms with Crippen LogP contribution in [0.4, 0.5) is 17.1 Å². The Balaban J connectivity index is 1.56. The third-order valence-corrected chi connectivity index (χ3v) is 5.30. The normalized spacial score (nSPS) is 15.1. The smallest absolute Gasteiger partial charge is 0.293 e. The molecule has 0 spiro atoms. The fourth-order valence-electron chi connectivity index (χ4n) is 3.48. The molecule has 0 unspecified atom stereocenters. The van der Waals surface area contributed by atoms with Gasteiger partial charge >= 0.3 is 0 Å². The molecule has 1 fully saturated rings. The number of furan rings is 1. The lowest BCUT2D eigenvalue weighted by Gasteiger charge is -2.33. The maximum atomic E-state index is 11.7. The third kappa shape index (κ3) is 4.41. The van der Waals surface area contributed by atoms with Gasteiger partial charge in [0.15, 0.2) is 0 Å². The molecule has 1 saturated heterocycles. The number of aryl methyl sites for hydroxylation is 1. The number of nitro groups is 1. The quantitative estimate of drug-likeness (QED) is 0.351. The molecule has 1 aliphatic rings. The van der Waals surface area contributed by atoms with Crippen LogP contribution in [-0.2, 0) is 0 Å². The van der Waals surface area contributed by atoms with Gasteiger partial charge in [0.2, 0.25) is 0 Å². The van der Waals surface area contributed by atoms with Crippen molar-refractivity contribution in [2.75, 3.05) is 38.1 Å². The van der Waals surface area contributed by atoms with Gasteiger partial charge in [0, 0.05) is 37.8 Å². The van der Waals surface area contributed by atoms with E-state index in [2.05, 4.69) is 21.8 Å². The van der Waals surface area contributed by atoms with Gasteiger partial charge < -0.3 is 14.2 Å². The number of nitrogens with zero attached hydrogens (tertiary/aromatic N) is 4. The number of piperazine rings is 1. The molecule has 0 atom stereocenters. The first-order chi connectivity index (χ1) is 14.5. The molecule has 1 aromatic heterocycles. The van der Waals surface area contributed by atoms with Gasteiger partial charge in [-0.3, -0.25) is 15.1 Å². The fraction of sp³-hybridized carbons (Fsp3) is 0.261. The van der Waals surface area contributed by atoms with Gasteiger partial charge in [-0.15, -0.1) is 0 Å². The van der Waals surface area contributed by atoms with E-state index in [1.54, 1.807) is 12.3 Å². The highest BCUT2D eigenvalue weighted by Crippen LogP contribution is 2.34. The molecule has 0 aliphatic carbocycles. The number of nitro benzene ring substituents is 1. The first-order valence-electron chi connectivity index (χ1n) is 9.92. The zero-order valence-corrected chi connectivity index (χ0v) is 17.1. The third-order valence-electron chi connectivity index (χ3n) is 5.30. The van der Waals surface area contributed by atoms with Crippen LogP contribution >= 0.6 is 0 Å². The summed E-state index contributed by atoms with van der Waals surface area (Å²) >= 11 is 0. The zero-order valence-electron chi connectivity index (χ0n) is 17.1. The highest BCUT2D eigenvalue weighted by molar-refractivity contribution is 5.80. The number of aliphatic imine (C=N–C) groups is 1. The van der Waals surface area contributed by atoms with Crippen LogP contribution in [0.25, 0.3) is 11.3 Å². The zero-order chi connectivity index (χ0) is 21.1. The Morgan fingerprint density at radius 3 is 2.47 bits per heavy atom. The lowest BCUT2D eigenvalue weighted by molar-refractivity contribution is -0.384. The van der Waals surface area contributed by atoms with Crippen molar-refractivity contribution in [2.45, 2.75) is 6.92 Å². The molecule has 0 bridgehead atoms. The summed E-state index contributed by atoms with van der Waals surface area (Å²) in [6.45, 7) is 5.36. The number of hydrogen-bond donors (Lipinski definition) is 0. The van der Waals surface area contributed by atoms with Gasteiger partial charge in [0.25, 0.3) is 5.69 Å². The van der Waals surface area contributed by atoms with Crippen molar-refractivity contribution >= 4 is 23.3 Å². The van der Waals surface area contributed by atoms with Crippen molar-refractivity contribution < 1.29 is 9.34 Å². The molecular formula is C23H24N4O3. The monoisotopic (exact) mass is 404 g/mol.